The second kappa shape index (κ2) is 7.46. The Morgan fingerprint density at radius 1 is 1.10 bits per heavy atom. The third-order valence-electron chi connectivity index (χ3n) is 3.08. The summed E-state index contributed by atoms with van der Waals surface area (Å²) in [6, 6.07) is 13.9. The van der Waals surface area contributed by atoms with E-state index >= 15 is 0 Å². The van der Waals surface area contributed by atoms with Crippen LogP contribution in [0.1, 0.15) is 30.5 Å². The first-order valence-electron chi connectivity index (χ1n) is 6.55. The maximum absolute atomic E-state index is 6.39. The van der Waals surface area contributed by atoms with Crippen molar-refractivity contribution >= 4 is 39.1 Å². The van der Waals surface area contributed by atoms with E-state index in [-0.39, 0.29) is 6.04 Å². The molecule has 0 fully saturated rings. The molecule has 0 aliphatic rings. The Morgan fingerprint density at radius 2 is 1.80 bits per heavy atom. The zero-order valence-electron chi connectivity index (χ0n) is 11.2. The van der Waals surface area contributed by atoms with E-state index in [2.05, 4.69) is 28.2 Å². The molecule has 0 amide bonds. The van der Waals surface area contributed by atoms with Crippen molar-refractivity contribution in [1.82, 2.24) is 5.32 Å². The Morgan fingerprint density at radius 3 is 2.40 bits per heavy atom. The van der Waals surface area contributed by atoms with Crippen LogP contribution in [0.15, 0.2) is 46.9 Å². The molecule has 0 aromatic heterocycles. The molecule has 0 saturated heterocycles. The smallest absolute Gasteiger partial charge is 0.0591 e. The summed E-state index contributed by atoms with van der Waals surface area (Å²) in [5, 5.41) is 5.03. The highest BCUT2D eigenvalue weighted by atomic mass is 79.9. The van der Waals surface area contributed by atoms with Gasteiger partial charge in [0.15, 0.2) is 0 Å². The highest BCUT2D eigenvalue weighted by Crippen LogP contribution is 2.31. The largest absolute Gasteiger partial charge is 0.306 e. The predicted octanol–water partition coefficient (Wildman–Crippen LogP) is 5.84. The van der Waals surface area contributed by atoms with Crippen LogP contribution in [0.25, 0.3) is 0 Å². The van der Waals surface area contributed by atoms with Gasteiger partial charge in [-0.1, -0.05) is 64.3 Å². The minimum absolute atomic E-state index is 0.0767. The first kappa shape index (κ1) is 15.8. The Balaban J connectivity index is 2.38. The lowest BCUT2D eigenvalue weighted by Crippen LogP contribution is -2.23. The van der Waals surface area contributed by atoms with E-state index < -0.39 is 0 Å². The fraction of sp³-hybridized carbons (Fsp3) is 0.250. The van der Waals surface area contributed by atoms with Gasteiger partial charge in [-0.2, -0.15) is 0 Å². The van der Waals surface area contributed by atoms with Crippen molar-refractivity contribution < 1.29 is 0 Å². The number of benzene rings is 2. The molecule has 106 valence electrons. The van der Waals surface area contributed by atoms with Crippen LogP contribution in [0.2, 0.25) is 10.0 Å². The Bertz CT molecular complexity index is 569. The lowest BCUT2D eigenvalue weighted by Gasteiger charge is -2.21. The molecule has 0 radical (unpaired) electrons. The predicted molar refractivity (Wildman–Crippen MR) is 90.7 cm³/mol. The normalized spacial score (nSPS) is 12.4. The van der Waals surface area contributed by atoms with E-state index in [9.17, 15) is 0 Å². The number of nitrogens with one attached hydrogen (secondary N) is 1. The molecule has 1 atom stereocenters. The molecule has 1 unspecified atom stereocenters. The fourth-order valence-corrected chi connectivity index (χ4v) is 3.00. The number of halogens is 3. The van der Waals surface area contributed by atoms with Gasteiger partial charge in [-0.05, 0) is 48.4 Å². The second-order valence-corrected chi connectivity index (χ2v) is 6.36. The summed E-state index contributed by atoms with van der Waals surface area (Å²) in [6.07, 6.45) is 1.07. The molecule has 0 saturated carbocycles. The van der Waals surface area contributed by atoms with Gasteiger partial charge < -0.3 is 5.32 Å². The Kier molecular flexibility index (Phi) is 5.91. The van der Waals surface area contributed by atoms with Crippen LogP contribution >= 0.6 is 39.1 Å². The number of hydrogen-bond acceptors (Lipinski definition) is 1. The zero-order chi connectivity index (χ0) is 14.5. The summed E-state index contributed by atoms with van der Waals surface area (Å²) in [7, 11) is 0. The Labute approximate surface area is 138 Å². The maximum atomic E-state index is 6.39. The lowest BCUT2D eigenvalue weighted by molar-refractivity contribution is 0.598. The highest BCUT2D eigenvalue weighted by molar-refractivity contribution is 9.10. The van der Waals surface area contributed by atoms with Gasteiger partial charge in [-0.15, -0.1) is 0 Å². The zero-order valence-corrected chi connectivity index (χ0v) is 14.3. The van der Waals surface area contributed by atoms with Crippen LogP contribution in [-0.2, 0) is 0 Å². The fourth-order valence-electron chi connectivity index (χ4n) is 2.09. The highest BCUT2D eigenvalue weighted by Gasteiger charge is 2.16. The molecule has 4 heteroatoms. The average molecular weight is 373 g/mol. The monoisotopic (exact) mass is 371 g/mol. The summed E-state index contributed by atoms with van der Waals surface area (Å²) in [6.45, 7) is 3.08. The van der Waals surface area contributed by atoms with Gasteiger partial charge >= 0.3 is 0 Å². The van der Waals surface area contributed by atoms with Crippen LogP contribution < -0.4 is 5.32 Å². The molecule has 0 bridgehead atoms. The first-order valence-corrected chi connectivity index (χ1v) is 8.10. The van der Waals surface area contributed by atoms with Crippen LogP contribution in [0, 0.1) is 0 Å². The van der Waals surface area contributed by atoms with Gasteiger partial charge in [-0.25, -0.2) is 0 Å². The van der Waals surface area contributed by atoms with Gasteiger partial charge in [0.25, 0.3) is 0 Å². The maximum Gasteiger partial charge on any atom is 0.0591 e. The quantitative estimate of drug-likeness (QED) is 0.694. The van der Waals surface area contributed by atoms with Gasteiger partial charge in [0.2, 0.25) is 0 Å². The van der Waals surface area contributed by atoms with Gasteiger partial charge in [-0.3, -0.25) is 0 Å². The van der Waals surface area contributed by atoms with Crippen molar-refractivity contribution in [2.24, 2.45) is 0 Å². The standard InChI is InChI=1S/C16H16BrCl2N/c1-2-9-20-16(11-3-6-13(18)7-4-11)14-8-5-12(17)10-15(14)19/h3-8,10,16,20H,2,9H2,1H3. The lowest BCUT2D eigenvalue weighted by atomic mass is 9.98. The SMILES string of the molecule is CCCNC(c1ccc(Cl)cc1)c1ccc(Br)cc1Cl. The number of rotatable bonds is 5. The molecule has 20 heavy (non-hydrogen) atoms. The van der Waals surface area contributed by atoms with Crippen molar-refractivity contribution in [1.29, 1.82) is 0 Å². The van der Waals surface area contributed by atoms with Gasteiger partial charge in [0, 0.05) is 14.5 Å². The first-order chi connectivity index (χ1) is 9.61. The third kappa shape index (κ3) is 3.98. The van der Waals surface area contributed by atoms with E-state index in [0.717, 1.165) is 38.6 Å². The van der Waals surface area contributed by atoms with Gasteiger partial charge in [0.1, 0.15) is 0 Å². The van der Waals surface area contributed by atoms with E-state index in [0.29, 0.717) is 0 Å². The summed E-state index contributed by atoms with van der Waals surface area (Å²) < 4.78 is 0.983. The van der Waals surface area contributed by atoms with Crippen molar-refractivity contribution in [3.05, 3.63) is 68.1 Å². The molecule has 0 aliphatic heterocycles. The molecule has 1 N–H and O–H groups in total. The van der Waals surface area contributed by atoms with E-state index in [4.69, 9.17) is 23.2 Å². The van der Waals surface area contributed by atoms with Crippen molar-refractivity contribution in [3.63, 3.8) is 0 Å². The molecular formula is C16H16BrCl2N. The van der Waals surface area contributed by atoms with Crippen molar-refractivity contribution in [3.8, 4) is 0 Å². The summed E-state index contributed by atoms with van der Waals surface area (Å²) in [5.74, 6) is 0. The third-order valence-corrected chi connectivity index (χ3v) is 4.15. The summed E-state index contributed by atoms with van der Waals surface area (Å²) in [5.41, 5.74) is 2.23. The van der Waals surface area contributed by atoms with Crippen LogP contribution in [0.3, 0.4) is 0 Å². The minimum atomic E-state index is 0.0767. The van der Waals surface area contributed by atoms with E-state index in [1.165, 1.54) is 0 Å². The molecule has 1 nitrogen and oxygen atoms in total. The molecule has 0 aliphatic carbocycles. The summed E-state index contributed by atoms with van der Waals surface area (Å²) in [4.78, 5) is 0. The van der Waals surface area contributed by atoms with Gasteiger partial charge in [0.05, 0.1) is 6.04 Å². The van der Waals surface area contributed by atoms with Crippen LogP contribution in [0.5, 0.6) is 0 Å². The average Bonchev–Trinajstić information content (AvgIpc) is 2.42. The van der Waals surface area contributed by atoms with Crippen molar-refractivity contribution in [2.45, 2.75) is 19.4 Å². The van der Waals surface area contributed by atoms with Crippen LogP contribution in [0.4, 0.5) is 0 Å². The molecule has 2 aromatic rings. The molecule has 2 rings (SSSR count). The summed E-state index contributed by atoms with van der Waals surface area (Å²) >= 11 is 15.8. The molecular weight excluding hydrogens is 357 g/mol. The molecule has 0 heterocycles. The molecule has 2 aromatic carbocycles. The number of hydrogen-bond donors (Lipinski definition) is 1. The topological polar surface area (TPSA) is 12.0 Å². The second-order valence-electron chi connectivity index (χ2n) is 4.60. The molecule has 0 spiro atoms. The minimum Gasteiger partial charge on any atom is -0.306 e. The van der Waals surface area contributed by atoms with E-state index in [1.54, 1.807) is 0 Å². The van der Waals surface area contributed by atoms with Crippen molar-refractivity contribution in [2.75, 3.05) is 6.54 Å². The Hall–Kier alpha value is -0.540. The van der Waals surface area contributed by atoms with Crippen LogP contribution in [-0.4, -0.2) is 6.54 Å². The van der Waals surface area contributed by atoms with E-state index in [1.807, 2.05) is 42.5 Å².